The molecule has 1 aromatic rings. The van der Waals surface area contributed by atoms with Crippen LogP contribution in [0.2, 0.25) is 0 Å². The number of rotatable bonds is 2. The Hall–Kier alpha value is -0.360. The molecule has 3 N–H and O–H groups in total. The zero-order valence-corrected chi connectivity index (χ0v) is 8.45. The van der Waals surface area contributed by atoms with Crippen molar-refractivity contribution in [1.29, 1.82) is 0 Å². The SMILES string of the molecule is N[C@H](CF)c1ccc(I)cc1O. The molecule has 0 amide bonds. The molecule has 0 saturated heterocycles. The summed E-state index contributed by atoms with van der Waals surface area (Å²) < 4.78 is 13.0. The summed E-state index contributed by atoms with van der Waals surface area (Å²) in [7, 11) is 0. The van der Waals surface area contributed by atoms with E-state index >= 15 is 0 Å². The van der Waals surface area contributed by atoms with Gasteiger partial charge < -0.3 is 10.8 Å². The zero-order valence-electron chi connectivity index (χ0n) is 6.30. The number of hydrogen-bond acceptors (Lipinski definition) is 2. The molecule has 0 aromatic heterocycles. The van der Waals surface area contributed by atoms with Gasteiger partial charge in [0.2, 0.25) is 0 Å². The maximum atomic E-state index is 12.1. The predicted molar refractivity (Wildman–Crippen MR) is 53.7 cm³/mol. The number of nitrogens with two attached hydrogens (primary N) is 1. The van der Waals surface area contributed by atoms with Crippen molar-refractivity contribution >= 4 is 22.6 Å². The molecule has 0 aliphatic carbocycles. The minimum atomic E-state index is -0.720. The van der Waals surface area contributed by atoms with E-state index in [2.05, 4.69) is 22.6 Å². The third kappa shape index (κ3) is 2.07. The van der Waals surface area contributed by atoms with Crippen molar-refractivity contribution in [2.75, 3.05) is 6.67 Å². The minimum absolute atomic E-state index is 0.0621. The van der Waals surface area contributed by atoms with Gasteiger partial charge in [0, 0.05) is 9.13 Å². The molecule has 2 nitrogen and oxygen atoms in total. The van der Waals surface area contributed by atoms with Gasteiger partial charge in [-0.1, -0.05) is 6.07 Å². The van der Waals surface area contributed by atoms with Crippen molar-refractivity contribution in [2.24, 2.45) is 5.73 Å². The Morgan fingerprint density at radius 3 is 2.75 bits per heavy atom. The van der Waals surface area contributed by atoms with Crippen molar-refractivity contribution in [3.8, 4) is 5.75 Å². The van der Waals surface area contributed by atoms with E-state index in [4.69, 9.17) is 5.73 Å². The number of alkyl halides is 1. The molecule has 1 rings (SSSR count). The number of phenolic OH excluding ortho intramolecular Hbond substituents is 1. The van der Waals surface area contributed by atoms with Crippen LogP contribution in [-0.2, 0) is 0 Å². The Labute approximate surface area is 83.7 Å². The molecule has 0 aliphatic rings. The molecule has 0 bridgehead atoms. The van der Waals surface area contributed by atoms with E-state index in [1.165, 1.54) is 0 Å². The normalized spacial score (nSPS) is 12.9. The fourth-order valence-electron chi connectivity index (χ4n) is 0.913. The lowest BCUT2D eigenvalue weighted by Gasteiger charge is -2.09. The highest BCUT2D eigenvalue weighted by molar-refractivity contribution is 14.1. The average molecular weight is 281 g/mol. The lowest BCUT2D eigenvalue weighted by atomic mass is 10.1. The first-order chi connectivity index (χ1) is 5.65. The van der Waals surface area contributed by atoms with Gasteiger partial charge in [-0.2, -0.15) is 0 Å². The van der Waals surface area contributed by atoms with Crippen molar-refractivity contribution in [3.05, 3.63) is 27.3 Å². The van der Waals surface area contributed by atoms with E-state index < -0.39 is 12.7 Å². The van der Waals surface area contributed by atoms with Crippen molar-refractivity contribution in [3.63, 3.8) is 0 Å². The van der Waals surface area contributed by atoms with Crippen LogP contribution in [0.25, 0.3) is 0 Å². The Bertz CT molecular complexity index is 280. The van der Waals surface area contributed by atoms with Gasteiger partial charge in [0.1, 0.15) is 12.4 Å². The highest BCUT2D eigenvalue weighted by Gasteiger charge is 2.09. The van der Waals surface area contributed by atoms with E-state index in [-0.39, 0.29) is 5.75 Å². The second-order valence-corrected chi connectivity index (χ2v) is 3.71. The molecule has 0 radical (unpaired) electrons. The predicted octanol–water partition coefficient (Wildman–Crippen LogP) is 1.97. The standard InChI is InChI=1S/C8H9FINO/c9-4-7(11)6-2-1-5(10)3-8(6)12/h1-3,7,12H,4,11H2/t7-/m1/s1. The molecular formula is C8H9FINO. The van der Waals surface area contributed by atoms with Gasteiger partial charge in [-0.3, -0.25) is 0 Å². The Balaban J connectivity index is 3.01. The highest BCUT2D eigenvalue weighted by Crippen LogP contribution is 2.24. The van der Waals surface area contributed by atoms with Crippen LogP contribution in [0.5, 0.6) is 5.75 Å². The smallest absolute Gasteiger partial charge is 0.121 e. The maximum Gasteiger partial charge on any atom is 0.121 e. The monoisotopic (exact) mass is 281 g/mol. The Morgan fingerprint density at radius 1 is 1.58 bits per heavy atom. The molecular weight excluding hydrogens is 272 g/mol. The summed E-state index contributed by atoms with van der Waals surface area (Å²) in [5, 5.41) is 9.34. The fourth-order valence-corrected chi connectivity index (χ4v) is 1.39. The molecule has 0 heterocycles. The second-order valence-electron chi connectivity index (χ2n) is 2.46. The molecule has 0 fully saturated rings. The van der Waals surface area contributed by atoms with Gasteiger partial charge in [0.15, 0.2) is 0 Å². The largest absolute Gasteiger partial charge is 0.508 e. The molecule has 1 atom stereocenters. The number of aromatic hydroxyl groups is 1. The summed E-state index contributed by atoms with van der Waals surface area (Å²) in [6.07, 6.45) is 0. The summed E-state index contributed by atoms with van der Waals surface area (Å²) in [6, 6.07) is 4.26. The molecule has 66 valence electrons. The lowest BCUT2D eigenvalue weighted by molar-refractivity contribution is 0.414. The third-order valence-electron chi connectivity index (χ3n) is 1.56. The van der Waals surface area contributed by atoms with Gasteiger partial charge >= 0.3 is 0 Å². The molecule has 1 aromatic carbocycles. The summed E-state index contributed by atoms with van der Waals surface area (Å²) in [5.74, 6) is 0.0621. The quantitative estimate of drug-likeness (QED) is 0.814. The molecule has 12 heavy (non-hydrogen) atoms. The molecule has 4 heteroatoms. The summed E-state index contributed by atoms with van der Waals surface area (Å²) in [5.41, 5.74) is 5.86. The number of benzene rings is 1. The number of halogens is 2. The number of phenols is 1. The highest BCUT2D eigenvalue weighted by atomic mass is 127. The average Bonchev–Trinajstić information content (AvgIpc) is 2.03. The first-order valence-corrected chi connectivity index (χ1v) is 4.53. The van der Waals surface area contributed by atoms with E-state index in [0.29, 0.717) is 5.56 Å². The van der Waals surface area contributed by atoms with Crippen LogP contribution in [0.15, 0.2) is 18.2 Å². The van der Waals surface area contributed by atoms with E-state index in [9.17, 15) is 9.50 Å². The lowest BCUT2D eigenvalue weighted by Crippen LogP contribution is -2.12. The fraction of sp³-hybridized carbons (Fsp3) is 0.250. The topological polar surface area (TPSA) is 46.2 Å². The van der Waals surface area contributed by atoms with Crippen LogP contribution < -0.4 is 5.73 Å². The van der Waals surface area contributed by atoms with Gasteiger partial charge in [-0.05, 0) is 34.7 Å². The van der Waals surface area contributed by atoms with Crippen LogP contribution in [-0.4, -0.2) is 11.8 Å². The van der Waals surface area contributed by atoms with Crippen molar-refractivity contribution in [2.45, 2.75) is 6.04 Å². The van der Waals surface area contributed by atoms with Gasteiger partial charge in [0.05, 0.1) is 6.04 Å². The Kier molecular flexibility index (Phi) is 3.28. The summed E-state index contributed by atoms with van der Waals surface area (Å²) in [6.45, 7) is -0.659. The van der Waals surface area contributed by atoms with Crippen molar-refractivity contribution < 1.29 is 9.50 Å². The maximum absolute atomic E-state index is 12.1. The summed E-state index contributed by atoms with van der Waals surface area (Å²) >= 11 is 2.06. The molecule has 0 unspecified atom stereocenters. The van der Waals surface area contributed by atoms with Gasteiger partial charge in [-0.25, -0.2) is 4.39 Å². The first kappa shape index (κ1) is 9.73. The molecule has 0 aliphatic heterocycles. The van der Waals surface area contributed by atoms with Crippen LogP contribution in [0.3, 0.4) is 0 Å². The van der Waals surface area contributed by atoms with Crippen LogP contribution in [0, 0.1) is 3.57 Å². The Morgan fingerprint density at radius 2 is 2.25 bits per heavy atom. The second kappa shape index (κ2) is 4.04. The van der Waals surface area contributed by atoms with E-state index in [1.54, 1.807) is 18.2 Å². The van der Waals surface area contributed by atoms with E-state index in [0.717, 1.165) is 3.57 Å². The number of hydrogen-bond donors (Lipinski definition) is 2. The molecule has 0 saturated carbocycles. The van der Waals surface area contributed by atoms with Crippen LogP contribution >= 0.6 is 22.6 Å². The first-order valence-electron chi connectivity index (χ1n) is 3.45. The van der Waals surface area contributed by atoms with Gasteiger partial charge in [0.25, 0.3) is 0 Å². The third-order valence-corrected chi connectivity index (χ3v) is 2.23. The molecule has 0 spiro atoms. The van der Waals surface area contributed by atoms with E-state index in [1.807, 2.05) is 0 Å². The minimum Gasteiger partial charge on any atom is -0.508 e. The van der Waals surface area contributed by atoms with Crippen molar-refractivity contribution in [1.82, 2.24) is 0 Å². The van der Waals surface area contributed by atoms with Gasteiger partial charge in [-0.15, -0.1) is 0 Å². The summed E-state index contributed by atoms with van der Waals surface area (Å²) in [4.78, 5) is 0. The van der Waals surface area contributed by atoms with Crippen LogP contribution in [0.4, 0.5) is 4.39 Å². The van der Waals surface area contributed by atoms with Crippen LogP contribution in [0.1, 0.15) is 11.6 Å². The zero-order chi connectivity index (χ0) is 9.14.